The minimum absolute atomic E-state index is 0.00225. The summed E-state index contributed by atoms with van der Waals surface area (Å²) in [5.74, 6) is -0.0856. The van der Waals surface area contributed by atoms with Gasteiger partial charge in [0.05, 0.1) is 24.1 Å². The number of nitriles is 1. The molecule has 5 rings (SSSR count). The van der Waals surface area contributed by atoms with Gasteiger partial charge in [-0.05, 0) is 113 Å². The van der Waals surface area contributed by atoms with Crippen LogP contribution in [-0.4, -0.2) is 62.8 Å². The molecule has 0 radical (unpaired) electrons. The molecule has 234 valence electrons. The van der Waals surface area contributed by atoms with Gasteiger partial charge in [0.1, 0.15) is 22.9 Å². The summed E-state index contributed by atoms with van der Waals surface area (Å²) in [6.07, 6.45) is 1.01. The maximum absolute atomic E-state index is 13.6. The minimum Gasteiger partial charge on any atom is -0.493 e. The van der Waals surface area contributed by atoms with Crippen LogP contribution in [0.15, 0.2) is 30.5 Å². The topological polar surface area (TPSA) is 110 Å². The van der Waals surface area contributed by atoms with Crippen molar-refractivity contribution >= 4 is 40.6 Å². The second kappa shape index (κ2) is 11.6. The number of aromatic nitrogens is 1. The molecule has 9 nitrogen and oxygen atoms in total. The molecule has 3 aliphatic rings. The first-order chi connectivity index (χ1) is 20.7. The summed E-state index contributed by atoms with van der Waals surface area (Å²) in [6, 6.07) is 7.64. The maximum atomic E-state index is 13.6. The Morgan fingerprint density at radius 2 is 1.89 bits per heavy atom. The van der Waals surface area contributed by atoms with E-state index < -0.39 is 40.4 Å². The molecule has 3 heterocycles. The summed E-state index contributed by atoms with van der Waals surface area (Å²) in [4.78, 5) is 33.6. The number of hydrogen-bond donors (Lipinski definition) is 1. The largest absolute Gasteiger partial charge is 0.493 e. The third kappa shape index (κ3) is 5.61. The van der Waals surface area contributed by atoms with E-state index in [1.165, 1.54) is 6.07 Å². The number of aliphatic carboxylic acids is 1. The van der Waals surface area contributed by atoms with E-state index in [2.05, 4.69) is 9.88 Å². The number of carboxylic acid groups (broad SMARTS) is 1. The number of rotatable bonds is 9. The highest BCUT2D eigenvalue weighted by molar-refractivity contribution is 7.81. The van der Waals surface area contributed by atoms with E-state index in [9.17, 15) is 27.9 Å². The van der Waals surface area contributed by atoms with Gasteiger partial charge in [-0.2, -0.15) is 18.4 Å². The lowest BCUT2D eigenvalue weighted by Gasteiger charge is -2.36. The predicted molar refractivity (Wildman–Crippen MR) is 160 cm³/mol. The maximum Gasteiger partial charge on any atom is 0.419 e. The van der Waals surface area contributed by atoms with Gasteiger partial charge in [-0.25, -0.2) is 4.98 Å². The molecule has 1 aromatic carbocycles. The zero-order chi connectivity index (χ0) is 32.0. The van der Waals surface area contributed by atoms with Gasteiger partial charge >= 0.3 is 12.1 Å². The van der Waals surface area contributed by atoms with Crippen LogP contribution < -0.4 is 14.5 Å². The van der Waals surface area contributed by atoms with Crippen molar-refractivity contribution in [3.05, 3.63) is 47.3 Å². The Morgan fingerprint density at radius 3 is 2.45 bits per heavy atom. The zero-order valence-corrected chi connectivity index (χ0v) is 25.6. The van der Waals surface area contributed by atoms with Crippen LogP contribution in [0.4, 0.5) is 24.5 Å². The third-order valence-electron chi connectivity index (χ3n) is 9.02. The fourth-order valence-corrected chi connectivity index (χ4v) is 6.75. The van der Waals surface area contributed by atoms with E-state index in [1.807, 2.05) is 19.1 Å². The molecular formula is C31H34F3N5O4S. The van der Waals surface area contributed by atoms with Crippen molar-refractivity contribution in [2.45, 2.75) is 76.6 Å². The van der Waals surface area contributed by atoms with Crippen LogP contribution in [0.25, 0.3) is 0 Å². The van der Waals surface area contributed by atoms with Gasteiger partial charge in [-0.3, -0.25) is 19.4 Å². The lowest BCUT2D eigenvalue weighted by molar-refractivity contribution is -0.146. The Morgan fingerprint density at radius 1 is 1.20 bits per heavy atom. The quantitative estimate of drug-likeness (QED) is 0.357. The van der Waals surface area contributed by atoms with E-state index in [0.29, 0.717) is 30.4 Å². The lowest BCUT2D eigenvalue weighted by atomic mass is 9.92. The number of carboxylic acids is 1. The predicted octanol–water partition coefficient (Wildman–Crippen LogP) is 5.55. The number of halogens is 3. The van der Waals surface area contributed by atoms with E-state index in [4.69, 9.17) is 22.2 Å². The number of piperidine rings is 1. The number of alkyl halides is 3. The van der Waals surface area contributed by atoms with E-state index >= 15 is 0 Å². The molecule has 1 saturated carbocycles. The normalized spacial score (nSPS) is 20.1. The molecule has 1 aliphatic carbocycles. The summed E-state index contributed by atoms with van der Waals surface area (Å²) >= 11 is 5.64. The summed E-state index contributed by atoms with van der Waals surface area (Å²) in [7, 11) is 0. The van der Waals surface area contributed by atoms with Gasteiger partial charge in [-0.1, -0.05) is 6.92 Å². The molecule has 0 atom stereocenters. The van der Waals surface area contributed by atoms with Crippen molar-refractivity contribution in [2.24, 2.45) is 5.92 Å². The summed E-state index contributed by atoms with van der Waals surface area (Å²) in [5, 5.41) is 18.7. The van der Waals surface area contributed by atoms with Crippen LogP contribution in [0.5, 0.6) is 5.75 Å². The molecule has 0 spiro atoms. The number of pyridine rings is 1. The number of carbonyl (C=O) groups excluding carboxylic acids is 1. The first-order valence-electron chi connectivity index (χ1n) is 14.6. The van der Waals surface area contributed by atoms with Crippen molar-refractivity contribution in [3.8, 4) is 11.8 Å². The Balaban J connectivity index is 1.28. The molecule has 1 aromatic heterocycles. The number of likely N-dealkylation sites (tertiary alicyclic amines) is 1. The number of ether oxygens (including phenoxy) is 1. The Hall–Kier alpha value is -3.76. The van der Waals surface area contributed by atoms with E-state index in [1.54, 1.807) is 24.8 Å². The Labute approximate surface area is 259 Å². The van der Waals surface area contributed by atoms with Gasteiger partial charge in [-0.15, -0.1) is 0 Å². The van der Waals surface area contributed by atoms with Crippen LogP contribution in [-0.2, 0) is 22.2 Å². The van der Waals surface area contributed by atoms with Gasteiger partial charge in [0.25, 0.3) is 5.91 Å². The van der Waals surface area contributed by atoms with Gasteiger partial charge in [0.2, 0.25) is 0 Å². The minimum atomic E-state index is -4.84. The van der Waals surface area contributed by atoms with Crippen molar-refractivity contribution in [1.29, 1.82) is 5.26 Å². The molecular weight excluding hydrogens is 595 g/mol. The van der Waals surface area contributed by atoms with Gasteiger partial charge in [0, 0.05) is 5.69 Å². The average Bonchev–Trinajstić information content (AvgIpc) is 3.77. The summed E-state index contributed by atoms with van der Waals surface area (Å²) < 4.78 is 47.0. The second-order valence-corrected chi connectivity index (χ2v) is 12.4. The van der Waals surface area contributed by atoms with Crippen molar-refractivity contribution < 1.29 is 32.6 Å². The molecule has 44 heavy (non-hydrogen) atoms. The molecule has 0 bridgehead atoms. The fourth-order valence-electron chi connectivity index (χ4n) is 6.23. The molecule has 13 heteroatoms. The SMILES string of the molecule is CCc1cc(N2C(=S)N(c3cnc(C#N)c(C(F)(F)F)c3)C(=O)C2(C)C)ccc1OCCC1CCN(C2(C(=O)O)CC2)CC1. The number of thiocarbonyl (C=S) groups is 1. The highest BCUT2D eigenvalue weighted by atomic mass is 32.1. The number of benzene rings is 1. The fraction of sp³-hybridized carbons (Fsp3) is 0.516. The first kappa shape index (κ1) is 31.7. The lowest BCUT2D eigenvalue weighted by Crippen LogP contribution is -2.47. The van der Waals surface area contributed by atoms with Crippen LogP contribution in [0.3, 0.4) is 0 Å². The molecule has 3 fully saturated rings. The van der Waals surface area contributed by atoms with Crippen LogP contribution >= 0.6 is 12.2 Å². The number of amides is 1. The molecule has 2 saturated heterocycles. The second-order valence-electron chi connectivity index (χ2n) is 12.1. The summed E-state index contributed by atoms with van der Waals surface area (Å²) in [5.41, 5.74) is -2.57. The first-order valence-corrected chi connectivity index (χ1v) is 15.1. The highest BCUT2D eigenvalue weighted by Crippen LogP contribution is 2.44. The average molecular weight is 630 g/mol. The van der Waals surface area contributed by atoms with Crippen LogP contribution in [0.1, 0.15) is 69.7 Å². The smallest absolute Gasteiger partial charge is 0.419 e. The van der Waals surface area contributed by atoms with Crippen molar-refractivity contribution in [1.82, 2.24) is 9.88 Å². The van der Waals surface area contributed by atoms with Gasteiger partial charge < -0.3 is 14.7 Å². The zero-order valence-electron chi connectivity index (χ0n) is 24.8. The standard InChI is InChI=1S/C31H34F3N5O4S/c1-4-20-15-21(5-6-25(20)43-14-9-19-7-12-37(13-8-19)30(10-11-30)27(41)42)39-28(44)38(26(40)29(39,2)3)22-16-23(31(32,33)34)24(17-35)36-18-22/h5-6,15-16,18-19H,4,7-14H2,1-3H3,(H,41,42). The number of carbonyl (C=O) groups is 2. The number of anilines is 2. The third-order valence-corrected chi connectivity index (χ3v) is 9.38. The molecule has 1 N–H and O–H groups in total. The van der Waals surface area contributed by atoms with Crippen molar-refractivity contribution in [2.75, 3.05) is 29.5 Å². The van der Waals surface area contributed by atoms with Crippen LogP contribution in [0, 0.1) is 17.2 Å². The molecule has 2 aliphatic heterocycles. The number of hydrogen-bond acceptors (Lipinski definition) is 7. The van der Waals surface area contributed by atoms with Gasteiger partial charge in [0.15, 0.2) is 10.8 Å². The molecule has 1 amide bonds. The molecule has 2 aromatic rings. The summed E-state index contributed by atoms with van der Waals surface area (Å²) in [6.45, 7) is 7.34. The number of aryl methyl sites for hydroxylation is 1. The monoisotopic (exact) mass is 629 g/mol. The van der Waals surface area contributed by atoms with Crippen molar-refractivity contribution in [3.63, 3.8) is 0 Å². The Bertz CT molecular complexity index is 1530. The molecule has 0 unspecified atom stereocenters. The van der Waals surface area contributed by atoms with E-state index in [0.717, 1.165) is 67.9 Å². The number of nitrogens with zero attached hydrogens (tertiary/aromatic N) is 5. The Kier molecular flexibility index (Phi) is 8.37. The highest BCUT2D eigenvalue weighted by Gasteiger charge is 2.55. The van der Waals surface area contributed by atoms with Crippen LogP contribution in [0.2, 0.25) is 0 Å². The van der Waals surface area contributed by atoms with E-state index in [-0.39, 0.29) is 10.8 Å².